The molecule has 7 heteroatoms. The van der Waals surface area contributed by atoms with Crippen LogP contribution >= 0.6 is 11.8 Å². The Bertz CT molecular complexity index is 3700. The average Bonchev–Trinajstić information content (AvgIpc) is 3.91. The van der Waals surface area contributed by atoms with Gasteiger partial charge in [-0.05, 0) is 72.3 Å². The van der Waals surface area contributed by atoms with Crippen molar-refractivity contribution in [2.45, 2.75) is 9.79 Å². The van der Waals surface area contributed by atoms with Crippen LogP contribution in [0.25, 0.3) is 94.7 Å². The van der Waals surface area contributed by atoms with E-state index in [1.165, 1.54) is 26.3 Å². The molecule has 300 valence electrons. The molecule has 0 aliphatic carbocycles. The van der Waals surface area contributed by atoms with E-state index in [1.807, 2.05) is 78.5 Å². The summed E-state index contributed by atoms with van der Waals surface area (Å²) in [6.07, 6.45) is 0. The Kier molecular flexibility index (Phi) is 8.35. The number of hydrogen-bond donors (Lipinski definition) is 0. The fourth-order valence-electron chi connectivity index (χ4n) is 9.30. The minimum Gasteiger partial charge on any atom is -0.455 e. The number of para-hydroxylation sites is 5. The summed E-state index contributed by atoms with van der Waals surface area (Å²) in [5.74, 6) is 1.78. The topological polar surface area (TPSA) is 60.0 Å². The Labute approximate surface area is 372 Å². The lowest BCUT2D eigenvalue weighted by Crippen LogP contribution is -2.14. The van der Waals surface area contributed by atoms with Crippen LogP contribution in [-0.2, 0) is 0 Å². The van der Waals surface area contributed by atoms with Crippen molar-refractivity contribution in [1.29, 1.82) is 0 Å². The van der Waals surface area contributed by atoms with Gasteiger partial charge in [-0.25, -0.2) is 15.0 Å². The molecule has 1 aliphatic heterocycles. The van der Waals surface area contributed by atoms with Crippen molar-refractivity contribution in [3.63, 3.8) is 0 Å². The number of furan rings is 1. The lowest BCUT2D eigenvalue weighted by molar-refractivity contribution is 0.670. The van der Waals surface area contributed by atoms with Crippen LogP contribution in [0.2, 0.25) is 0 Å². The summed E-state index contributed by atoms with van der Waals surface area (Å²) in [7, 11) is 0. The third-order valence-electron chi connectivity index (χ3n) is 12.2. The third kappa shape index (κ3) is 5.86. The molecular formula is C57H35N5OS. The lowest BCUT2D eigenvalue weighted by atomic mass is 10.00. The van der Waals surface area contributed by atoms with E-state index in [2.05, 4.69) is 155 Å². The molecule has 0 spiro atoms. The summed E-state index contributed by atoms with van der Waals surface area (Å²) < 4.78 is 9.44. The van der Waals surface area contributed by atoms with E-state index in [9.17, 15) is 0 Å². The van der Waals surface area contributed by atoms with E-state index < -0.39 is 0 Å². The molecule has 0 radical (unpaired) electrons. The normalized spacial score (nSPS) is 12.3. The molecule has 9 aromatic carbocycles. The third-order valence-corrected chi connectivity index (χ3v) is 13.3. The van der Waals surface area contributed by atoms with Gasteiger partial charge in [0.25, 0.3) is 0 Å². The zero-order chi connectivity index (χ0) is 42.1. The summed E-state index contributed by atoms with van der Waals surface area (Å²) >= 11 is 1.83. The maximum absolute atomic E-state index is 7.04. The van der Waals surface area contributed by atoms with Gasteiger partial charge < -0.3 is 13.9 Å². The van der Waals surface area contributed by atoms with Crippen LogP contribution in [0, 0.1) is 0 Å². The monoisotopic (exact) mass is 837 g/mol. The van der Waals surface area contributed by atoms with E-state index >= 15 is 0 Å². The van der Waals surface area contributed by atoms with Crippen LogP contribution in [0.1, 0.15) is 0 Å². The van der Waals surface area contributed by atoms with Gasteiger partial charge in [0.2, 0.25) is 0 Å². The molecule has 13 rings (SSSR count). The number of nitrogens with zero attached hydrogens (tertiary/aromatic N) is 5. The van der Waals surface area contributed by atoms with Crippen molar-refractivity contribution in [2.24, 2.45) is 0 Å². The Morgan fingerprint density at radius 1 is 0.359 bits per heavy atom. The number of anilines is 3. The maximum atomic E-state index is 7.04. The molecule has 6 nitrogen and oxygen atoms in total. The molecule has 0 fully saturated rings. The minimum atomic E-state index is 0.559. The molecule has 0 unspecified atom stereocenters. The van der Waals surface area contributed by atoms with Gasteiger partial charge in [0.1, 0.15) is 11.2 Å². The highest BCUT2D eigenvalue weighted by molar-refractivity contribution is 7.99. The number of rotatable bonds is 6. The van der Waals surface area contributed by atoms with E-state index in [1.54, 1.807) is 0 Å². The predicted molar refractivity (Wildman–Crippen MR) is 262 cm³/mol. The van der Waals surface area contributed by atoms with Crippen LogP contribution in [-0.4, -0.2) is 19.5 Å². The van der Waals surface area contributed by atoms with Crippen molar-refractivity contribution in [2.75, 3.05) is 4.90 Å². The van der Waals surface area contributed by atoms with Gasteiger partial charge in [-0.1, -0.05) is 157 Å². The van der Waals surface area contributed by atoms with Gasteiger partial charge in [-0.2, -0.15) is 0 Å². The van der Waals surface area contributed by atoms with E-state index in [0.717, 1.165) is 77.9 Å². The summed E-state index contributed by atoms with van der Waals surface area (Å²) in [5.41, 5.74) is 13.2. The number of fused-ring (bicyclic) bond motifs is 8. The molecular weight excluding hydrogens is 803 g/mol. The number of hydrogen-bond acceptors (Lipinski definition) is 6. The van der Waals surface area contributed by atoms with Crippen LogP contribution < -0.4 is 4.90 Å². The summed E-state index contributed by atoms with van der Waals surface area (Å²) in [6, 6.07) is 74.5. The second-order valence-electron chi connectivity index (χ2n) is 16.0. The Balaban J connectivity index is 1.01. The van der Waals surface area contributed by atoms with Crippen molar-refractivity contribution in [3.05, 3.63) is 212 Å². The summed E-state index contributed by atoms with van der Waals surface area (Å²) in [6.45, 7) is 0. The largest absolute Gasteiger partial charge is 0.455 e. The average molecular weight is 838 g/mol. The van der Waals surface area contributed by atoms with Gasteiger partial charge in [0.15, 0.2) is 17.5 Å². The minimum absolute atomic E-state index is 0.559. The molecule has 3 aromatic heterocycles. The molecule has 0 saturated heterocycles. The van der Waals surface area contributed by atoms with Crippen LogP contribution in [0.15, 0.2) is 227 Å². The fraction of sp³-hybridized carbons (Fsp3) is 0. The van der Waals surface area contributed by atoms with E-state index in [0.29, 0.717) is 17.5 Å². The van der Waals surface area contributed by atoms with E-state index in [-0.39, 0.29) is 0 Å². The van der Waals surface area contributed by atoms with Crippen molar-refractivity contribution >= 4 is 72.6 Å². The second-order valence-corrected chi connectivity index (χ2v) is 17.1. The predicted octanol–water partition coefficient (Wildman–Crippen LogP) is 15.5. The first-order valence-corrected chi connectivity index (χ1v) is 22.2. The molecule has 1 aliphatic rings. The molecule has 12 aromatic rings. The highest BCUT2D eigenvalue weighted by Crippen LogP contribution is 2.53. The van der Waals surface area contributed by atoms with Crippen molar-refractivity contribution in [3.8, 4) is 51.0 Å². The lowest BCUT2D eigenvalue weighted by Gasteiger charge is -2.33. The first-order valence-electron chi connectivity index (χ1n) is 21.4. The highest BCUT2D eigenvalue weighted by atomic mass is 32.2. The molecule has 0 saturated carbocycles. The van der Waals surface area contributed by atoms with Crippen LogP contribution in [0.3, 0.4) is 0 Å². The zero-order valence-electron chi connectivity index (χ0n) is 34.3. The standard InChI is InChI=1S/C57H35N5OS/c1-5-17-36(18-6-1)55-58-56(37-19-7-2-8-20-37)60-57(59-55)44-28-16-27-43-42-26-15-25-41(53(42)63-54(43)44)38-31-32-47-45(33-38)46-34-52-50(35-49(46)61(47)39-21-9-3-10-22-39)62(40-23-11-4-12-24-40)48-29-13-14-30-51(48)64-52/h1-35H. The van der Waals surface area contributed by atoms with E-state index in [4.69, 9.17) is 19.4 Å². The Hall–Kier alpha value is -8.26. The summed E-state index contributed by atoms with van der Waals surface area (Å²) in [5, 5.41) is 4.40. The van der Waals surface area contributed by atoms with Gasteiger partial charge in [-0.3, -0.25) is 0 Å². The first-order chi connectivity index (χ1) is 31.7. The zero-order valence-corrected chi connectivity index (χ0v) is 35.1. The summed E-state index contributed by atoms with van der Waals surface area (Å²) in [4.78, 5) is 19.9. The van der Waals surface area contributed by atoms with Crippen molar-refractivity contribution < 1.29 is 4.42 Å². The number of aromatic nitrogens is 4. The SMILES string of the molecule is c1ccc(-c2nc(-c3ccccc3)nc(-c3cccc4c3oc3c(-c5ccc6c(c5)c5cc7c(cc5n6-c5ccccc5)N(c5ccccc5)c5ccccc5S7)cccc34)n2)cc1. The fourth-order valence-corrected chi connectivity index (χ4v) is 10.4. The van der Waals surface area contributed by atoms with Crippen molar-refractivity contribution in [1.82, 2.24) is 19.5 Å². The molecule has 0 N–H and O–H groups in total. The maximum Gasteiger partial charge on any atom is 0.167 e. The van der Waals surface area contributed by atoms with Gasteiger partial charge in [0.05, 0.1) is 28.0 Å². The second kappa shape index (κ2) is 14.7. The quantitative estimate of drug-likeness (QED) is 0.166. The first kappa shape index (κ1) is 36.4. The Morgan fingerprint density at radius 3 is 1.61 bits per heavy atom. The molecule has 64 heavy (non-hydrogen) atoms. The molecule has 0 atom stereocenters. The van der Waals surface area contributed by atoms with Crippen LogP contribution in [0.5, 0.6) is 0 Å². The molecule has 4 heterocycles. The highest BCUT2D eigenvalue weighted by Gasteiger charge is 2.28. The number of benzene rings is 9. The van der Waals surface area contributed by atoms with Gasteiger partial charge in [0, 0.05) is 59.4 Å². The Morgan fingerprint density at radius 2 is 0.922 bits per heavy atom. The van der Waals surface area contributed by atoms with Gasteiger partial charge in [-0.15, -0.1) is 0 Å². The smallest absolute Gasteiger partial charge is 0.167 e. The molecule has 0 amide bonds. The molecule has 0 bridgehead atoms. The van der Waals surface area contributed by atoms with Crippen LogP contribution in [0.4, 0.5) is 17.1 Å². The van der Waals surface area contributed by atoms with Gasteiger partial charge >= 0.3 is 0 Å².